The molecule has 2 N–H and O–H groups in total. The first-order valence-electron chi connectivity index (χ1n) is 4.36. The van der Waals surface area contributed by atoms with Gasteiger partial charge in [-0.15, -0.1) is 0 Å². The largest absolute Gasteiger partial charge is 0.399 e. The van der Waals surface area contributed by atoms with Gasteiger partial charge >= 0.3 is 0 Å². The molecule has 70 valence electrons. The van der Waals surface area contributed by atoms with E-state index in [2.05, 4.69) is 18.7 Å². The first-order valence-corrected chi connectivity index (χ1v) is 5.24. The van der Waals surface area contributed by atoms with Gasteiger partial charge in [-0.3, -0.25) is 0 Å². The van der Waals surface area contributed by atoms with E-state index < -0.39 is 0 Å². The highest BCUT2D eigenvalue weighted by atomic mass is 32.2. The van der Waals surface area contributed by atoms with Crippen LogP contribution in [0.2, 0.25) is 0 Å². The van der Waals surface area contributed by atoms with E-state index in [1.165, 1.54) is 4.90 Å². The fraction of sp³-hybridized carbons (Fsp3) is 0. The van der Waals surface area contributed by atoms with Gasteiger partial charge in [0.15, 0.2) is 0 Å². The van der Waals surface area contributed by atoms with E-state index in [1.807, 2.05) is 29.7 Å². The van der Waals surface area contributed by atoms with Gasteiger partial charge < -0.3 is 5.73 Å². The lowest BCUT2D eigenvalue weighted by Gasteiger charge is -2.09. The van der Waals surface area contributed by atoms with E-state index in [0.717, 1.165) is 16.8 Å². The minimum atomic E-state index is 0.747. The van der Waals surface area contributed by atoms with Gasteiger partial charge in [-0.05, 0) is 34.8 Å². The molecule has 1 aliphatic heterocycles. The van der Waals surface area contributed by atoms with Gasteiger partial charge in [0.25, 0.3) is 0 Å². The summed E-state index contributed by atoms with van der Waals surface area (Å²) in [5, 5.41) is 2.00. The molecule has 2 rings (SSSR count). The Balaban J connectivity index is 2.54. The molecule has 0 fully saturated rings. The van der Waals surface area contributed by atoms with Gasteiger partial charge in [0, 0.05) is 10.6 Å². The molecule has 0 saturated heterocycles. The van der Waals surface area contributed by atoms with Crippen molar-refractivity contribution in [1.82, 2.24) is 0 Å². The van der Waals surface area contributed by atoms with Crippen LogP contribution in [0, 0.1) is 0 Å². The minimum Gasteiger partial charge on any atom is -0.399 e. The average molecular weight is 201 g/mol. The van der Waals surface area contributed by atoms with Crippen LogP contribution in [0.3, 0.4) is 0 Å². The second-order valence-corrected chi connectivity index (χ2v) is 4.03. The lowest BCUT2D eigenvalue weighted by atomic mass is 10.1. The molecule has 2 heteroatoms. The zero-order chi connectivity index (χ0) is 9.97. The topological polar surface area (TPSA) is 26.0 Å². The molecule has 0 spiro atoms. The molecule has 1 aromatic carbocycles. The third-order valence-corrected chi connectivity index (χ3v) is 2.91. The van der Waals surface area contributed by atoms with Crippen LogP contribution in [0.15, 0.2) is 59.0 Å². The molecule has 1 nitrogen and oxygen atoms in total. The molecule has 1 heterocycles. The minimum absolute atomic E-state index is 0.747. The molecule has 14 heavy (non-hydrogen) atoms. The molecule has 1 aromatic rings. The first kappa shape index (κ1) is 9.16. The summed E-state index contributed by atoms with van der Waals surface area (Å²) in [5.41, 5.74) is 8.62. The highest BCUT2D eigenvalue weighted by molar-refractivity contribution is 8.02. The van der Waals surface area contributed by atoms with Crippen molar-refractivity contribution in [2.75, 3.05) is 0 Å². The fourth-order valence-electron chi connectivity index (χ4n) is 1.35. The molecular weight excluding hydrogens is 190 g/mol. The molecule has 0 unspecified atom stereocenters. The summed E-state index contributed by atoms with van der Waals surface area (Å²) in [5.74, 6) is 0. The zero-order valence-electron chi connectivity index (χ0n) is 7.73. The van der Waals surface area contributed by atoms with Crippen molar-refractivity contribution < 1.29 is 0 Å². The van der Waals surface area contributed by atoms with Crippen molar-refractivity contribution in [2.45, 2.75) is 4.90 Å². The zero-order valence-corrected chi connectivity index (χ0v) is 8.55. The van der Waals surface area contributed by atoms with Crippen LogP contribution in [-0.4, -0.2) is 0 Å². The van der Waals surface area contributed by atoms with Crippen LogP contribution in [0.25, 0.3) is 5.57 Å². The maximum absolute atomic E-state index is 5.75. The Hall–Kier alpha value is -1.41. The summed E-state index contributed by atoms with van der Waals surface area (Å²) in [6, 6.07) is 8.19. The van der Waals surface area contributed by atoms with Crippen LogP contribution >= 0.6 is 11.8 Å². The predicted molar refractivity (Wildman–Crippen MR) is 62.7 cm³/mol. The number of thioether (sulfide) groups is 1. The van der Waals surface area contributed by atoms with Gasteiger partial charge in [0.2, 0.25) is 0 Å². The molecular formula is C12H11NS. The number of benzene rings is 1. The number of nitrogens with two attached hydrogens (primary N) is 1. The van der Waals surface area contributed by atoms with Crippen LogP contribution in [0.5, 0.6) is 0 Å². The summed E-state index contributed by atoms with van der Waals surface area (Å²) < 4.78 is 0. The smallest absolute Gasteiger partial charge is 0.0325 e. The molecule has 0 bridgehead atoms. The highest BCUT2D eigenvalue weighted by Crippen LogP contribution is 2.30. The Kier molecular flexibility index (Phi) is 2.46. The predicted octanol–water partition coefficient (Wildman–Crippen LogP) is 3.16. The summed E-state index contributed by atoms with van der Waals surface area (Å²) in [6.07, 6.45) is 3.79. The van der Waals surface area contributed by atoms with Crippen molar-refractivity contribution in [2.24, 2.45) is 5.73 Å². The van der Waals surface area contributed by atoms with E-state index in [9.17, 15) is 0 Å². The summed E-state index contributed by atoms with van der Waals surface area (Å²) in [6.45, 7) is 4.00. The van der Waals surface area contributed by atoms with Gasteiger partial charge in [-0.25, -0.2) is 0 Å². The lowest BCUT2D eigenvalue weighted by Crippen LogP contribution is -1.95. The molecule has 0 radical (unpaired) electrons. The Morgan fingerprint density at radius 2 is 2.00 bits per heavy atom. The van der Waals surface area contributed by atoms with Gasteiger partial charge in [0.1, 0.15) is 0 Å². The normalized spacial score (nSPS) is 21.4. The number of fused-ring (bicyclic) bond motifs is 1. The van der Waals surface area contributed by atoms with E-state index in [1.54, 1.807) is 11.8 Å². The van der Waals surface area contributed by atoms with Crippen LogP contribution in [-0.2, 0) is 0 Å². The maximum atomic E-state index is 5.75. The Morgan fingerprint density at radius 3 is 2.86 bits per heavy atom. The van der Waals surface area contributed by atoms with Crippen LogP contribution in [0.1, 0.15) is 5.56 Å². The summed E-state index contributed by atoms with van der Waals surface area (Å²) in [4.78, 5) is 1.22. The van der Waals surface area contributed by atoms with Gasteiger partial charge in [0.05, 0.1) is 0 Å². The molecule has 0 amide bonds. The van der Waals surface area contributed by atoms with E-state index in [-0.39, 0.29) is 0 Å². The van der Waals surface area contributed by atoms with Gasteiger partial charge in [-0.2, -0.15) is 0 Å². The maximum Gasteiger partial charge on any atom is 0.0325 e. The SMILES string of the molecule is C=C1/C=C(N)\C=C/Sc2ccccc21. The van der Waals surface area contributed by atoms with E-state index in [0.29, 0.717) is 0 Å². The van der Waals surface area contributed by atoms with Crippen molar-refractivity contribution in [3.8, 4) is 0 Å². The van der Waals surface area contributed by atoms with Crippen molar-refractivity contribution in [1.29, 1.82) is 0 Å². The fourth-order valence-corrected chi connectivity index (χ4v) is 2.20. The quantitative estimate of drug-likeness (QED) is 0.697. The lowest BCUT2D eigenvalue weighted by molar-refractivity contribution is 1.38. The second kappa shape index (κ2) is 3.76. The summed E-state index contributed by atoms with van der Waals surface area (Å²) in [7, 11) is 0. The second-order valence-electron chi connectivity index (χ2n) is 3.09. The number of rotatable bonds is 0. The standard InChI is InChI=1S/C12H11NS/c1-9-8-10(13)6-7-14-12-5-3-2-4-11(9)12/h2-8H,1,13H2/b7-6-,10-8+. The molecule has 1 aliphatic rings. The monoisotopic (exact) mass is 201 g/mol. The van der Waals surface area contributed by atoms with Crippen molar-refractivity contribution in [3.05, 3.63) is 59.7 Å². The van der Waals surface area contributed by atoms with Crippen LogP contribution in [0.4, 0.5) is 0 Å². The van der Waals surface area contributed by atoms with Crippen molar-refractivity contribution >= 4 is 17.3 Å². The highest BCUT2D eigenvalue weighted by Gasteiger charge is 2.05. The molecule has 0 saturated carbocycles. The van der Waals surface area contributed by atoms with Crippen LogP contribution < -0.4 is 5.73 Å². The number of hydrogen-bond donors (Lipinski definition) is 1. The average Bonchev–Trinajstić information content (AvgIpc) is 2.16. The Labute approximate surface area is 88.0 Å². The number of allylic oxidation sites excluding steroid dienone is 3. The Bertz CT molecular complexity index is 430. The molecule has 0 aromatic heterocycles. The summed E-state index contributed by atoms with van der Waals surface area (Å²) >= 11 is 1.67. The number of hydrogen-bond acceptors (Lipinski definition) is 2. The van der Waals surface area contributed by atoms with E-state index in [4.69, 9.17) is 5.73 Å². The molecule has 0 atom stereocenters. The van der Waals surface area contributed by atoms with Gasteiger partial charge in [-0.1, -0.05) is 36.5 Å². The first-order chi connectivity index (χ1) is 6.77. The third-order valence-electron chi connectivity index (χ3n) is 2.03. The Morgan fingerprint density at radius 1 is 1.21 bits per heavy atom. The molecule has 0 aliphatic carbocycles. The van der Waals surface area contributed by atoms with Crippen molar-refractivity contribution in [3.63, 3.8) is 0 Å². The van der Waals surface area contributed by atoms with E-state index >= 15 is 0 Å². The third kappa shape index (κ3) is 1.75.